The average Bonchev–Trinajstić information content (AvgIpc) is 3.29. The number of fused-ring (bicyclic) bond motifs is 1. The molecule has 7 nitrogen and oxygen atoms in total. The zero-order valence-electron chi connectivity index (χ0n) is 16.1. The van der Waals surface area contributed by atoms with E-state index in [2.05, 4.69) is 5.32 Å². The number of sulfonamides is 1. The molecule has 2 aromatic rings. The van der Waals surface area contributed by atoms with Gasteiger partial charge in [-0.2, -0.15) is 4.31 Å². The van der Waals surface area contributed by atoms with E-state index in [-0.39, 0.29) is 27.3 Å². The molecule has 0 spiro atoms. The first kappa shape index (κ1) is 21.3. The predicted octanol–water partition coefficient (Wildman–Crippen LogP) is 3.63. The summed E-state index contributed by atoms with van der Waals surface area (Å²) in [6.07, 6.45) is 1.71. The molecule has 0 radical (unpaired) electrons. The average molecular weight is 469 g/mol. The highest BCUT2D eigenvalue weighted by molar-refractivity contribution is 8.00. The third kappa shape index (κ3) is 4.69. The van der Waals surface area contributed by atoms with Gasteiger partial charge >= 0.3 is 0 Å². The van der Waals surface area contributed by atoms with Gasteiger partial charge in [0.1, 0.15) is 13.2 Å². The Kier molecular flexibility index (Phi) is 6.43. The first-order valence-corrected chi connectivity index (χ1v) is 12.4. The van der Waals surface area contributed by atoms with Crippen LogP contribution in [-0.4, -0.2) is 50.7 Å². The summed E-state index contributed by atoms with van der Waals surface area (Å²) in [6.45, 7) is 2.05. The summed E-state index contributed by atoms with van der Waals surface area (Å²) in [7, 11) is -3.59. The number of halogens is 1. The summed E-state index contributed by atoms with van der Waals surface area (Å²) in [5.74, 6) is 1.21. The van der Waals surface area contributed by atoms with Gasteiger partial charge in [0, 0.05) is 18.0 Å². The van der Waals surface area contributed by atoms with Gasteiger partial charge in [-0.3, -0.25) is 4.79 Å². The van der Waals surface area contributed by atoms with Crippen molar-refractivity contribution in [1.29, 1.82) is 0 Å². The molecule has 30 heavy (non-hydrogen) atoms. The molecule has 2 aliphatic rings. The fraction of sp³-hybridized carbons (Fsp3) is 0.350. The van der Waals surface area contributed by atoms with E-state index < -0.39 is 10.0 Å². The molecular formula is C20H21ClN2O5S2. The smallest absolute Gasteiger partial charge is 0.243 e. The number of thioether (sulfide) groups is 1. The van der Waals surface area contributed by atoms with Gasteiger partial charge in [0.15, 0.2) is 11.5 Å². The maximum atomic E-state index is 12.8. The highest BCUT2D eigenvalue weighted by Crippen LogP contribution is 2.34. The Labute approximate surface area is 184 Å². The van der Waals surface area contributed by atoms with Crippen LogP contribution in [0.3, 0.4) is 0 Å². The molecule has 0 aromatic heterocycles. The zero-order chi connectivity index (χ0) is 21.1. The van der Waals surface area contributed by atoms with Crippen LogP contribution >= 0.6 is 23.4 Å². The first-order chi connectivity index (χ1) is 14.4. The molecule has 2 aromatic carbocycles. The summed E-state index contributed by atoms with van der Waals surface area (Å²) in [5.41, 5.74) is 0.282. The molecule has 0 unspecified atom stereocenters. The molecular weight excluding hydrogens is 448 g/mol. The van der Waals surface area contributed by atoms with Crippen molar-refractivity contribution in [2.45, 2.75) is 22.6 Å². The number of anilines is 1. The van der Waals surface area contributed by atoms with E-state index in [0.29, 0.717) is 37.8 Å². The molecule has 0 bridgehead atoms. The summed E-state index contributed by atoms with van der Waals surface area (Å²) in [5, 5.41) is 3.00. The van der Waals surface area contributed by atoms with Gasteiger partial charge in [0.25, 0.3) is 0 Å². The van der Waals surface area contributed by atoms with E-state index in [0.717, 1.165) is 17.7 Å². The van der Waals surface area contributed by atoms with Crippen molar-refractivity contribution in [3.63, 3.8) is 0 Å². The largest absolute Gasteiger partial charge is 0.486 e. The molecule has 1 N–H and O–H groups in total. The van der Waals surface area contributed by atoms with Crippen LogP contribution in [0.2, 0.25) is 5.02 Å². The number of ether oxygens (including phenoxy) is 2. The molecule has 2 heterocycles. The number of nitrogens with one attached hydrogen (secondary N) is 1. The minimum Gasteiger partial charge on any atom is -0.486 e. The second kappa shape index (κ2) is 9.05. The summed E-state index contributed by atoms with van der Waals surface area (Å²) in [6, 6.07) is 9.90. The molecule has 2 aliphatic heterocycles. The Bertz CT molecular complexity index is 1060. The second-order valence-corrected chi connectivity index (χ2v) is 10.3. The van der Waals surface area contributed by atoms with E-state index in [1.165, 1.54) is 34.3 Å². The van der Waals surface area contributed by atoms with Gasteiger partial charge in [0.2, 0.25) is 15.9 Å². The van der Waals surface area contributed by atoms with Crippen molar-refractivity contribution in [2.24, 2.45) is 0 Å². The maximum absolute atomic E-state index is 12.8. The van der Waals surface area contributed by atoms with Crippen molar-refractivity contribution in [3.05, 3.63) is 41.4 Å². The maximum Gasteiger partial charge on any atom is 0.243 e. The number of hydrogen-bond donors (Lipinski definition) is 1. The first-order valence-electron chi connectivity index (χ1n) is 9.55. The van der Waals surface area contributed by atoms with Crippen LogP contribution in [0.25, 0.3) is 0 Å². The van der Waals surface area contributed by atoms with E-state index in [1.54, 1.807) is 0 Å². The lowest BCUT2D eigenvalue weighted by molar-refractivity contribution is -0.113. The highest BCUT2D eigenvalue weighted by atomic mass is 35.5. The molecule has 0 aliphatic carbocycles. The van der Waals surface area contributed by atoms with Crippen molar-refractivity contribution in [1.82, 2.24) is 4.31 Å². The van der Waals surface area contributed by atoms with Crippen LogP contribution in [0.1, 0.15) is 12.8 Å². The van der Waals surface area contributed by atoms with Gasteiger partial charge in [-0.15, -0.1) is 11.8 Å². The fourth-order valence-corrected chi connectivity index (χ4v) is 5.72. The Balaban J connectivity index is 1.42. The lowest BCUT2D eigenvalue weighted by Crippen LogP contribution is -2.28. The van der Waals surface area contributed by atoms with Crippen molar-refractivity contribution in [2.75, 3.05) is 37.4 Å². The minimum absolute atomic E-state index is 0.128. The Morgan fingerprint density at radius 1 is 1.07 bits per heavy atom. The molecule has 0 atom stereocenters. The summed E-state index contributed by atoms with van der Waals surface area (Å²) >= 11 is 7.53. The number of amides is 1. The fourth-order valence-electron chi connectivity index (χ4n) is 3.29. The van der Waals surface area contributed by atoms with Crippen LogP contribution in [0.5, 0.6) is 11.5 Å². The van der Waals surface area contributed by atoms with Crippen LogP contribution in [0.15, 0.2) is 46.2 Å². The third-order valence-electron chi connectivity index (χ3n) is 4.80. The van der Waals surface area contributed by atoms with Crippen molar-refractivity contribution in [3.8, 4) is 11.5 Å². The van der Waals surface area contributed by atoms with Crippen LogP contribution < -0.4 is 14.8 Å². The van der Waals surface area contributed by atoms with E-state index >= 15 is 0 Å². The van der Waals surface area contributed by atoms with E-state index in [1.807, 2.05) is 18.2 Å². The number of hydrogen-bond acceptors (Lipinski definition) is 6. The topological polar surface area (TPSA) is 84.9 Å². The van der Waals surface area contributed by atoms with Crippen molar-refractivity contribution >= 4 is 45.0 Å². The molecule has 10 heteroatoms. The SMILES string of the molecule is O=C(CSc1ccc2c(c1)OCCO2)Nc1cc(S(=O)(=O)N2CCCC2)ccc1Cl. The lowest BCUT2D eigenvalue weighted by Gasteiger charge is -2.18. The standard InChI is InChI=1S/C20H21ClN2O5S2/c21-16-5-4-15(30(25,26)23-7-1-2-8-23)12-17(16)22-20(24)13-29-14-3-6-18-19(11-14)28-10-9-27-18/h3-6,11-12H,1-2,7-10,13H2,(H,22,24). The molecule has 1 saturated heterocycles. The monoisotopic (exact) mass is 468 g/mol. The van der Waals surface area contributed by atoms with Crippen molar-refractivity contribution < 1.29 is 22.7 Å². The van der Waals surface area contributed by atoms with Crippen LogP contribution in [-0.2, 0) is 14.8 Å². The summed E-state index contributed by atoms with van der Waals surface area (Å²) in [4.78, 5) is 13.4. The third-order valence-corrected chi connectivity index (χ3v) is 8.02. The molecule has 0 saturated carbocycles. The van der Waals surface area contributed by atoms with Gasteiger partial charge < -0.3 is 14.8 Å². The zero-order valence-corrected chi connectivity index (χ0v) is 18.5. The predicted molar refractivity (Wildman–Crippen MR) is 116 cm³/mol. The van der Waals surface area contributed by atoms with Gasteiger partial charge in [-0.25, -0.2) is 8.42 Å². The Hall–Kier alpha value is -1.94. The number of rotatable bonds is 6. The highest BCUT2D eigenvalue weighted by Gasteiger charge is 2.27. The van der Waals surface area contributed by atoms with Gasteiger partial charge in [-0.1, -0.05) is 11.6 Å². The molecule has 1 fully saturated rings. The van der Waals surface area contributed by atoms with Crippen LogP contribution in [0.4, 0.5) is 5.69 Å². The second-order valence-electron chi connectivity index (χ2n) is 6.90. The Morgan fingerprint density at radius 2 is 1.80 bits per heavy atom. The lowest BCUT2D eigenvalue weighted by atomic mass is 10.3. The van der Waals surface area contributed by atoms with E-state index in [4.69, 9.17) is 21.1 Å². The van der Waals surface area contributed by atoms with Crippen LogP contribution in [0, 0.1) is 0 Å². The molecule has 160 valence electrons. The quantitative estimate of drug-likeness (QED) is 0.652. The number of nitrogens with zero attached hydrogens (tertiary/aromatic N) is 1. The van der Waals surface area contributed by atoms with Gasteiger partial charge in [0.05, 0.1) is 21.4 Å². The summed E-state index contributed by atoms with van der Waals surface area (Å²) < 4.78 is 38.0. The Morgan fingerprint density at radius 3 is 2.57 bits per heavy atom. The van der Waals surface area contributed by atoms with E-state index in [9.17, 15) is 13.2 Å². The molecule has 1 amide bonds. The van der Waals surface area contributed by atoms with Gasteiger partial charge in [-0.05, 0) is 49.2 Å². The normalized spacial score (nSPS) is 16.4. The minimum atomic E-state index is -3.59. The number of benzene rings is 2. The molecule has 4 rings (SSSR count). The number of carbonyl (C=O) groups excluding carboxylic acids is 1. The number of carbonyl (C=O) groups is 1.